The average molecular weight is 710 g/mol. The summed E-state index contributed by atoms with van der Waals surface area (Å²) in [5.74, 6) is -14.1. The van der Waals surface area contributed by atoms with Gasteiger partial charge in [-0.15, -0.1) is 0 Å². The van der Waals surface area contributed by atoms with E-state index < -0.39 is 111 Å². The molecular weight excluding hydrogens is 681 g/mol. The van der Waals surface area contributed by atoms with Crippen LogP contribution in [0, 0.1) is 23.3 Å². The van der Waals surface area contributed by atoms with Crippen LogP contribution in [-0.2, 0) is 4.74 Å². The van der Waals surface area contributed by atoms with Crippen molar-refractivity contribution in [2.75, 3.05) is 31.1 Å². The van der Waals surface area contributed by atoms with Crippen LogP contribution in [-0.4, -0.2) is 87.3 Å². The molecule has 19 heteroatoms. The molecule has 2 amide bonds. The third kappa shape index (κ3) is 7.35. The number of aliphatic hydroxyl groups is 1. The van der Waals surface area contributed by atoms with E-state index in [0.29, 0.717) is 16.8 Å². The van der Waals surface area contributed by atoms with E-state index in [1.165, 1.54) is 9.80 Å². The summed E-state index contributed by atoms with van der Waals surface area (Å²) in [6, 6.07) is -0.0918. The number of ether oxygens (including phenoxy) is 1. The van der Waals surface area contributed by atoms with Crippen molar-refractivity contribution in [1.29, 1.82) is 0 Å². The number of anilines is 1. The van der Waals surface area contributed by atoms with Gasteiger partial charge in [0.25, 0.3) is 5.91 Å². The van der Waals surface area contributed by atoms with Gasteiger partial charge in [-0.05, 0) is 33.3 Å². The molecule has 1 N–H and O–H groups in total. The molecule has 0 aliphatic carbocycles. The molecule has 1 atom stereocenters. The molecule has 1 fully saturated rings. The maximum absolute atomic E-state index is 15.7. The summed E-state index contributed by atoms with van der Waals surface area (Å²) in [7, 11) is 0. The van der Waals surface area contributed by atoms with Crippen molar-refractivity contribution in [3.8, 4) is 5.69 Å². The number of halogens is 9. The van der Waals surface area contributed by atoms with Crippen molar-refractivity contribution in [1.82, 2.24) is 14.5 Å². The lowest BCUT2D eigenvalue weighted by atomic mass is 10.1. The van der Waals surface area contributed by atoms with Gasteiger partial charge in [0.1, 0.15) is 28.4 Å². The summed E-state index contributed by atoms with van der Waals surface area (Å²) in [6.45, 7) is 4.48. The van der Waals surface area contributed by atoms with Crippen molar-refractivity contribution in [3.63, 3.8) is 0 Å². The Bertz CT molecular complexity index is 1870. The Morgan fingerprint density at radius 3 is 2.14 bits per heavy atom. The number of hydrogen-bond donors (Lipinski definition) is 1. The predicted octanol–water partition coefficient (Wildman–Crippen LogP) is 5.55. The van der Waals surface area contributed by atoms with Gasteiger partial charge in [0, 0.05) is 38.0 Å². The lowest BCUT2D eigenvalue weighted by Crippen LogP contribution is -2.57. The molecular formula is C30H28F9N5O5. The molecule has 0 bridgehead atoms. The lowest BCUT2D eigenvalue weighted by Gasteiger charge is -2.41. The van der Waals surface area contributed by atoms with Gasteiger partial charge in [-0.1, -0.05) is 6.92 Å². The molecule has 0 spiro atoms. The smallest absolute Gasteiger partial charge is 0.444 e. The minimum absolute atomic E-state index is 0.138. The molecule has 3 aromatic rings. The van der Waals surface area contributed by atoms with Crippen LogP contribution in [0.3, 0.4) is 0 Å². The van der Waals surface area contributed by atoms with Crippen molar-refractivity contribution >= 4 is 34.6 Å². The number of piperazine rings is 1. The molecule has 266 valence electrons. The highest BCUT2D eigenvalue weighted by molar-refractivity contribution is 6.07. The van der Waals surface area contributed by atoms with Gasteiger partial charge < -0.3 is 14.7 Å². The summed E-state index contributed by atoms with van der Waals surface area (Å²) in [5.41, 5.74) is -7.63. The Morgan fingerprint density at radius 1 is 1.00 bits per heavy atom. The second-order valence-electron chi connectivity index (χ2n) is 11.9. The summed E-state index contributed by atoms with van der Waals surface area (Å²) < 4.78 is 132. The fourth-order valence-electron chi connectivity index (χ4n) is 5.01. The largest absolute Gasteiger partial charge is 0.459 e. The molecule has 0 saturated carbocycles. The summed E-state index contributed by atoms with van der Waals surface area (Å²) >= 11 is 0. The van der Waals surface area contributed by atoms with Crippen LogP contribution < -0.4 is 10.3 Å². The Labute approximate surface area is 271 Å². The summed E-state index contributed by atoms with van der Waals surface area (Å²) in [5, 5.41) is 9.09. The van der Waals surface area contributed by atoms with Crippen LogP contribution in [0.4, 0.5) is 50.1 Å². The van der Waals surface area contributed by atoms with Crippen LogP contribution in [0.2, 0.25) is 0 Å². The number of rotatable bonds is 6. The summed E-state index contributed by atoms with van der Waals surface area (Å²) in [4.78, 5) is 48.3. The Hall–Kier alpha value is -4.68. The molecule has 2 aromatic heterocycles. The number of aliphatic hydroxyl groups excluding tert-OH is 1. The van der Waals surface area contributed by atoms with Crippen LogP contribution in [0.5, 0.6) is 0 Å². The van der Waals surface area contributed by atoms with Crippen LogP contribution in [0.1, 0.15) is 44.5 Å². The number of carbonyl (C=O) groups excluding carboxylic acids is 2. The van der Waals surface area contributed by atoms with E-state index in [1.54, 1.807) is 20.8 Å². The predicted molar refractivity (Wildman–Crippen MR) is 156 cm³/mol. The first-order chi connectivity index (χ1) is 22.6. The quantitative estimate of drug-likeness (QED) is 0.264. The van der Waals surface area contributed by atoms with Crippen LogP contribution in [0.25, 0.3) is 16.7 Å². The number of alkyl halides is 5. The number of hydrogen-bond acceptors (Lipinski definition) is 7. The molecule has 0 radical (unpaired) electrons. The zero-order valence-corrected chi connectivity index (χ0v) is 26.1. The zero-order valence-electron chi connectivity index (χ0n) is 26.1. The maximum atomic E-state index is 15.7. The highest BCUT2D eigenvalue weighted by atomic mass is 19.4. The minimum atomic E-state index is -6.18. The fourth-order valence-corrected chi connectivity index (χ4v) is 5.01. The van der Waals surface area contributed by atoms with E-state index in [0.717, 1.165) is 6.92 Å². The Kier molecular flexibility index (Phi) is 10.1. The summed E-state index contributed by atoms with van der Waals surface area (Å²) in [6.07, 6.45) is -7.73. The van der Waals surface area contributed by atoms with E-state index in [1.807, 2.05) is 0 Å². The molecule has 1 unspecified atom stereocenters. The van der Waals surface area contributed by atoms with Gasteiger partial charge in [-0.3, -0.25) is 19.1 Å². The van der Waals surface area contributed by atoms with Gasteiger partial charge in [-0.2, -0.15) is 22.0 Å². The number of benzene rings is 1. The van der Waals surface area contributed by atoms with E-state index in [-0.39, 0.29) is 31.8 Å². The maximum Gasteiger partial charge on any atom is 0.459 e. The van der Waals surface area contributed by atoms with Crippen molar-refractivity contribution < 1.29 is 58.9 Å². The van der Waals surface area contributed by atoms with Gasteiger partial charge in [0.15, 0.2) is 28.9 Å². The van der Waals surface area contributed by atoms with E-state index >= 15 is 13.2 Å². The fraction of sp³-hybridized carbons (Fsp3) is 0.433. The molecule has 1 aliphatic heterocycles. The monoisotopic (exact) mass is 709 g/mol. The first-order valence-electron chi connectivity index (χ1n) is 14.4. The normalized spacial score (nSPS) is 16.4. The number of carbonyl (C=O) groups is 2. The number of aliphatic imine (C=N–C) groups is 1. The van der Waals surface area contributed by atoms with E-state index in [9.17, 15) is 45.8 Å². The van der Waals surface area contributed by atoms with Crippen LogP contribution >= 0.6 is 0 Å². The number of pyridine rings is 2. The highest BCUT2D eigenvalue weighted by Gasteiger charge is 2.60. The number of fused-ring (bicyclic) bond motifs is 1. The average Bonchev–Trinajstić information content (AvgIpc) is 2.98. The van der Waals surface area contributed by atoms with Gasteiger partial charge >= 0.3 is 18.2 Å². The third-order valence-electron chi connectivity index (χ3n) is 7.28. The number of aromatic nitrogens is 2. The van der Waals surface area contributed by atoms with Crippen molar-refractivity contribution in [2.24, 2.45) is 4.99 Å². The highest BCUT2D eigenvalue weighted by Crippen LogP contribution is 2.38. The van der Waals surface area contributed by atoms with Crippen molar-refractivity contribution in [3.05, 3.63) is 63.5 Å². The first-order valence-corrected chi connectivity index (χ1v) is 14.4. The molecule has 1 saturated heterocycles. The van der Waals surface area contributed by atoms with Gasteiger partial charge in [0.05, 0.1) is 18.0 Å². The van der Waals surface area contributed by atoms with Crippen LogP contribution in [0.15, 0.2) is 34.2 Å². The molecule has 10 nitrogen and oxygen atoms in total. The topological polar surface area (TPSA) is 117 Å². The molecule has 49 heavy (non-hydrogen) atoms. The van der Waals surface area contributed by atoms with Gasteiger partial charge in [-0.25, -0.2) is 32.3 Å². The zero-order chi connectivity index (χ0) is 36.8. The molecule has 1 aliphatic rings. The van der Waals surface area contributed by atoms with E-state index in [4.69, 9.17) is 4.74 Å². The van der Waals surface area contributed by atoms with E-state index in [2.05, 4.69) is 9.98 Å². The lowest BCUT2D eigenvalue weighted by molar-refractivity contribution is -0.249. The number of amides is 2. The molecule has 4 rings (SSSR count). The first kappa shape index (κ1) is 37.1. The minimum Gasteiger partial charge on any atom is -0.444 e. The second-order valence-corrected chi connectivity index (χ2v) is 11.9. The van der Waals surface area contributed by atoms with Crippen molar-refractivity contribution in [2.45, 2.75) is 57.9 Å². The standard InChI is InChI=1S/C30H28F9N5O5/c1-5-21(29(35,36)30(37,38)39)40-26(47)17-12-44(22-18(32)8-14(31)9-19(22)33)24-16(23(17)46)10-20(34)25(41-24)42-6-7-43(15(11-42)13-45)27(48)49-28(2,3)4/h8-10,12,15,45H,5-7,11,13H2,1-4H3. The van der Waals surface area contributed by atoms with Gasteiger partial charge in [0.2, 0.25) is 5.43 Å². The Morgan fingerprint density at radius 2 is 1.61 bits per heavy atom. The molecule has 1 aromatic carbocycles. The number of nitrogens with zero attached hydrogens (tertiary/aromatic N) is 5. The SMILES string of the molecule is CCC(=NC(=O)c1cn(-c2c(F)cc(F)cc2F)c2nc(N3CCN(C(=O)OC(C)(C)C)C(CO)C3)c(F)cc2c1=O)C(F)(F)C(F)(F)F. The second kappa shape index (κ2) is 13.3. The Balaban J connectivity index is 1.92. The third-order valence-corrected chi connectivity index (χ3v) is 7.28. The molecule has 3 heterocycles.